The molecule has 0 unspecified atom stereocenters. The highest BCUT2D eigenvalue weighted by molar-refractivity contribution is 6.74. The van der Waals surface area contributed by atoms with Crippen LogP contribution in [0.5, 0.6) is 0 Å². The van der Waals surface area contributed by atoms with Crippen molar-refractivity contribution in [3.63, 3.8) is 0 Å². The number of carbonyl (C=O) groups is 1. The maximum absolute atomic E-state index is 11.6. The molecule has 0 N–H and O–H groups in total. The lowest BCUT2D eigenvalue weighted by molar-refractivity contribution is -0.117. The highest BCUT2D eigenvalue weighted by Crippen LogP contribution is 2.39. The van der Waals surface area contributed by atoms with E-state index < -0.39 is 8.32 Å². The maximum atomic E-state index is 11.6. The highest BCUT2D eigenvalue weighted by Gasteiger charge is 2.41. The van der Waals surface area contributed by atoms with Gasteiger partial charge in [0.2, 0.25) is 0 Å². The molecule has 0 aliphatic heterocycles. The summed E-state index contributed by atoms with van der Waals surface area (Å²) in [6.07, 6.45) is 2.40. The first-order chi connectivity index (χ1) is 7.54. The molecule has 1 rings (SSSR count). The molecule has 0 aromatic heterocycles. The Morgan fingerprint density at radius 2 is 1.88 bits per heavy atom. The van der Waals surface area contributed by atoms with Gasteiger partial charge in [0.15, 0.2) is 14.1 Å². The van der Waals surface area contributed by atoms with Crippen LogP contribution in [-0.4, -0.2) is 20.2 Å². The molecule has 1 aliphatic carbocycles. The van der Waals surface area contributed by atoms with E-state index >= 15 is 0 Å². The van der Waals surface area contributed by atoms with Gasteiger partial charge in [-0.1, -0.05) is 33.3 Å². The van der Waals surface area contributed by atoms with Gasteiger partial charge in [0.05, 0.1) is 6.10 Å². The zero-order valence-electron chi connectivity index (χ0n) is 12.3. The van der Waals surface area contributed by atoms with E-state index in [4.69, 9.17) is 4.43 Å². The molecule has 0 aromatic rings. The molecule has 2 atom stereocenters. The summed E-state index contributed by atoms with van der Waals surface area (Å²) in [4.78, 5) is 11.6. The first kappa shape index (κ1) is 14.6. The van der Waals surface area contributed by atoms with Crippen LogP contribution in [-0.2, 0) is 9.22 Å². The standard InChI is InChI=1S/C14H26O2Si/c1-10-8-12(15)9-13(11(10)2)16-17(6,7)14(3,4)5/h8,11,13H,9H2,1-7H3/t11-,13+/m1/s1. The highest BCUT2D eigenvalue weighted by atomic mass is 28.4. The number of rotatable bonds is 2. The smallest absolute Gasteiger partial charge is 0.192 e. The van der Waals surface area contributed by atoms with Crippen molar-refractivity contribution in [1.82, 2.24) is 0 Å². The average Bonchev–Trinajstić information content (AvgIpc) is 2.11. The fourth-order valence-electron chi connectivity index (χ4n) is 1.81. The Bertz CT molecular complexity index is 337. The van der Waals surface area contributed by atoms with Crippen LogP contribution < -0.4 is 0 Å². The summed E-state index contributed by atoms with van der Waals surface area (Å²) in [7, 11) is -1.77. The summed E-state index contributed by atoms with van der Waals surface area (Å²) < 4.78 is 6.37. The van der Waals surface area contributed by atoms with Crippen LogP contribution in [0.2, 0.25) is 18.1 Å². The van der Waals surface area contributed by atoms with Gasteiger partial charge in [-0.05, 0) is 31.1 Å². The Hall–Kier alpha value is -0.413. The molecule has 0 heterocycles. The Balaban J connectivity index is 2.83. The van der Waals surface area contributed by atoms with Crippen molar-refractivity contribution < 1.29 is 9.22 Å². The van der Waals surface area contributed by atoms with E-state index in [0.29, 0.717) is 12.3 Å². The van der Waals surface area contributed by atoms with Gasteiger partial charge in [0.1, 0.15) is 0 Å². The monoisotopic (exact) mass is 254 g/mol. The molecule has 0 radical (unpaired) electrons. The van der Waals surface area contributed by atoms with E-state index in [1.807, 2.05) is 6.92 Å². The van der Waals surface area contributed by atoms with E-state index in [1.54, 1.807) is 6.08 Å². The third kappa shape index (κ3) is 3.29. The van der Waals surface area contributed by atoms with E-state index in [0.717, 1.165) is 5.57 Å². The number of hydrogen-bond acceptors (Lipinski definition) is 2. The minimum absolute atomic E-state index is 0.0772. The normalized spacial score (nSPS) is 27.0. The molecule has 3 heteroatoms. The lowest BCUT2D eigenvalue weighted by Gasteiger charge is -2.41. The number of ketones is 1. The molecular weight excluding hydrogens is 228 g/mol. The van der Waals surface area contributed by atoms with Crippen molar-refractivity contribution in [3.05, 3.63) is 11.6 Å². The summed E-state index contributed by atoms with van der Waals surface area (Å²) in [5.74, 6) is 0.575. The largest absolute Gasteiger partial charge is 0.413 e. The van der Waals surface area contributed by atoms with Crippen molar-refractivity contribution in [3.8, 4) is 0 Å². The first-order valence-corrected chi connectivity index (χ1v) is 9.34. The van der Waals surface area contributed by atoms with Crippen molar-refractivity contribution in [1.29, 1.82) is 0 Å². The van der Waals surface area contributed by atoms with Gasteiger partial charge in [-0.2, -0.15) is 0 Å². The zero-order valence-corrected chi connectivity index (χ0v) is 13.3. The van der Waals surface area contributed by atoms with E-state index in [-0.39, 0.29) is 16.9 Å². The SMILES string of the molecule is CC1=CC(=O)C[C@H](O[Si](C)(C)C(C)(C)C)[C@@H]1C. The van der Waals surface area contributed by atoms with Crippen LogP contribution in [0, 0.1) is 5.92 Å². The number of hydrogen-bond donors (Lipinski definition) is 0. The van der Waals surface area contributed by atoms with Crippen molar-refractivity contribution in [2.24, 2.45) is 5.92 Å². The average molecular weight is 254 g/mol. The Morgan fingerprint density at radius 1 is 1.35 bits per heavy atom. The molecule has 17 heavy (non-hydrogen) atoms. The van der Waals surface area contributed by atoms with E-state index in [1.165, 1.54) is 0 Å². The molecule has 0 saturated carbocycles. The van der Waals surface area contributed by atoms with Gasteiger partial charge in [-0.25, -0.2) is 0 Å². The van der Waals surface area contributed by atoms with Gasteiger partial charge in [0, 0.05) is 12.3 Å². The van der Waals surface area contributed by atoms with E-state index in [2.05, 4.69) is 40.8 Å². The summed E-state index contributed by atoms with van der Waals surface area (Å²) in [6.45, 7) is 15.4. The second kappa shape index (κ2) is 4.69. The predicted octanol–water partition coefficient (Wildman–Crippen LogP) is 3.93. The van der Waals surface area contributed by atoms with Gasteiger partial charge in [-0.3, -0.25) is 4.79 Å². The quantitative estimate of drug-likeness (QED) is 0.698. The topological polar surface area (TPSA) is 26.3 Å². The Labute approximate surface area is 107 Å². The van der Waals surface area contributed by atoms with Crippen LogP contribution >= 0.6 is 0 Å². The van der Waals surface area contributed by atoms with Gasteiger partial charge >= 0.3 is 0 Å². The fraction of sp³-hybridized carbons (Fsp3) is 0.786. The molecule has 0 amide bonds. The predicted molar refractivity (Wildman–Crippen MR) is 74.6 cm³/mol. The lowest BCUT2D eigenvalue weighted by Crippen LogP contribution is -2.46. The zero-order chi connectivity index (χ0) is 13.4. The molecule has 98 valence electrons. The second-order valence-electron chi connectivity index (χ2n) is 6.76. The third-order valence-electron chi connectivity index (χ3n) is 4.32. The maximum Gasteiger partial charge on any atom is 0.192 e. The minimum atomic E-state index is -1.77. The summed E-state index contributed by atoms with van der Waals surface area (Å²) in [5, 5.41) is 0.199. The molecule has 0 bridgehead atoms. The molecule has 0 spiro atoms. The third-order valence-corrected chi connectivity index (χ3v) is 8.82. The summed E-state index contributed by atoms with van der Waals surface area (Å²) >= 11 is 0. The summed E-state index contributed by atoms with van der Waals surface area (Å²) in [6, 6.07) is 0. The molecular formula is C14H26O2Si. The van der Waals surface area contributed by atoms with Crippen LogP contribution in [0.1, 0.15) is 41.0 Å². The van der Waals surface area contributed by atoms with Gasteiger partial charge in [0.25, 0.3) is 0 Å². The number of allylic oxidation sites excluding steroid dienone is 1. The van der Waals surface area contributed by atoms with Gasteiger partial charge < -0.3 is 4.43 Å². The minimum Gasteiger partial charge on any atom is -0.413 e. The van der Waals surface area contributed by atoms with Crippen LogP contribution in [0.3, 0.4) is 0 Å². The second-order valence-corrected chi connectivity index (χ2v) is 11.5. The molecule has 0 fully saturated rings. The van der Waals surface area contributed by atoms with Crippen LogP contribution in [0.15, 0.2) is 11.6 Å². The fourth-order valence-corrected chi connectivity index (χ4v) is 3.21. The number of carbonyl (C=O) groups excluding carboxylic acids is 1. The molecule has 0 aromatic carbocycles. The van der Waals surface area contributed by atoms with E-state index in [9.17, 15) is 4.79 Å². The molecule has 1 aliphatic rings. The molecule has 2 nitrogen and oxygen atoms in total. The van der Waals surface area contributed by atoms with Crippen LogP contribution in [0.4, 0.5) is 0 Å². The van der Waals surface area contributed by atoms with Crippen LogP contribution in [0.25, 0.3) is 0 Å². The molecule has 0 saturated heterocycles. The van der Waals surface area contributed by atoms with Crippen molar-refractivity contribution in [2.75, 3.05) is 0 Å². The lowest BCUT2D eigenvalue weighted by atomic mass is 9.87. The first-order valence-electron chi connectivity index (χ1n) is 6.43. The van der Waals surface area contributed by atoms with Crippen molar-refractivity contribution in [2.45, 2.75) is 65.3 Å². The van der Waals surface area contributed by atoms with Crippen molar-refractivity contribution >= 4 is 14.1 Å². The van der Waals surface area contributed by atoms with Gasteiger partial charge in [-0.15, -0.1) is 0 Å². The Kier molecular flexibility index (Phi) is 4.04. The Morgan fingerprint density at radius 3 is 2.35 bits per heavy atom. The summed E-state index contributed by atoms with van der Waals surface area (Å²) in [5.41, 5.74) is 1.16.